The molecule has 0 unspecified atom stereocenters. The number of nitrogens with zero attached hydrogens (tertiary/aromatic N) is 2. The van der Waals surface area contributed by atoms with E-state index in [2.05, 4.69) is 14.7 Å². The van der Waals surface area contributed by atoms with E-state index in [1.807, 2.05) is 30.3 Å². The molecule has 6 nitrogen and oxygen atoms in total. The van der Waals surface area contributed by atoms with Gasteiger partial charge >= 0.3 is 0 Å². The van der Waals surface area contributed by atoms with Crippen molar-refractivity contribution >= 4 is 16.0 Å². The first-order valence-electron chi connectivity index (χ1n) is 8.75. The lowest BCUT2D eigenvalue weighted by molar-refractivity contribution is 0.288. The Hall–Kier alpha value is -2.93. The average molecular weight is 381 g/mol. The molecule has 1 fully saturated rings. The molecule has 0 bridgehead atoms. The molecule has 27 heavy (non-hydrogen) atoms. The predicted octanol–water partition coefficient (Wildman–Crippen LogP) is 3.73. The molecule has 138 valence electrons. The molecule has 3 aromatic rings. The van der Waals surface area contributed by atoms with Crippen molar-refractivity contribution in [2.24, 2.45) is 5.92 Å². The summed E-state index contributed by atoms with van der Waals surface area (Å²) in [5.41, 5.74) is 1.46. The molecule has 1 aromatic heterocycles. The van der Waals surface area contributed by atoms with Gasteiger partial charge in [0.2, 0.25) is 11.8 Å². The molecule has 1 saturated carbocycles. The third-order valence-electron chi connectivity index (χ3n) is 4.22. The lowest BCUT2D eigenvalue weighted by Crippen LogP contribution is -2.15. The highest BCUT2D eigenvalue weighted by Gasteiger charge is 2.23. The molecular formula is C20H19N3O3S. The number of rotatable bonds is 7. The largest absolute Gasteiger partial charge is 0.477 e. The molecule has 0 amide bonds. The van der Waals surface area contributed by atoms with Crippen LogP contribution in [0, 0.1) is 5.92 Å². The van der Waals surface area contributed by atoms with Gasteiger partial charge in [-0.2, -0.15) is 4.98 Å². The van der Waals surface area contributed by atoms with Crippen LogP contribution in [-0.2, 0) is 10.0 Å². The SMILES string of the molecule is O=S(=O)(Nc1nc(OCC2CC2)cc(-c2ccccc2)n1)c1ccccc1. The molecule has 0 saturated heterocycles. The van der Waals surface area contributed by atoms with Gasteiger partial charge in [0.1, 0.15) is 0 Å². The fourth-order valence-corrected chi connectivity index (χ4v) is 3.53. The van der Waals surface area contributed by atoms with E-state index in [0.717, 1.165) is 18.4 Å². The molecule has 7 heteroatoms. The third-order valence-corrected chi connectivity index (χ3v) is 5.56. The molecule has 0 radical (unpaired) electrons. The Morgan fingerprint density at radius 3 is 2.30 bits per heavy atom. The number of hydrogen-bond donors (Lipinski definition) is 1. The minimum absolute atomic E-state index is 0.00833. The summed E-state index contributed by atoms with van der Waals surface area (Å²) in [7, 11) is -3.78. The van der Waals surface area contributed by atoms with Crippen LogP contribution in [0.5, 0.6) is 5.88 Å². The van der Waals surface area contributed by atoms with E-state index in [0.29, 0.717) is 24.1 Å². The molecule has 0 atom stereocenters. The third kappa shape index (κ3) is 4.43. The van der Waals surface area contributed by atoms with Crippen molar-refractivity contribution in [2.45, 2.75) is 17.7 Å². The second-order valence-electron chi connectivity index (χ2n) is 6.45. The first-order valence-corrected chi connectivity index (χ1v) is 10.2. The maximum Gasteiger partial charge on any atom is 0.264 e. The van der Waals surface area contributed by atoms with Crippen molar-refractivity contribution in [1.82, 2.24) is 9.97 Å². The number of benzene rings is 2. The van der Waals surface area contributed by atoms with Crippen LogP contribution < -0.4 is 9.46 Å². The Bertz CT molecular complexity index is 1020. The van der Waals surface area contributed by atoms with Crippen LogP contribution in [0.2, 0.25) is 0 Å². The maximum atomic E-state index is 12.6. The summed E-state index contributed by atoms with van der Waals surface area (Å²) >= 11 is 0. The Morgan fingerprint density at radius 2 is 1.63 bits per heavy atom. The smallest absolute Gasteiger partial charge is 0.264 e. The van der Waals surface area contributed by atoms with E-state index in [9.17, 15) is 8.42 Å². The van der Waals surface area contributed by atoms with Gasteiger partial charge in [-0.15, -0.1) is 0 Å². The van der Waals surface area contributed by atoms with Gasteiger partial charge in [-0.1, -0.05) is 48.5 Å². The van der Waals surface area contributed by atoms with Gasteiger partial charge < -0.3 is 4.74 Å². The minimum Gasteiger partial charge on any atom is -0.477 e. The van der Waals surface area contributed by atoms with E-state index >= 15 is 0 Å². The normalized spacial score (nSPS) is 13.9. The monoisotopic (exact) mass is 381 g/mol. The van der Waals surface area contributed by atoms with Crippen LogP contribution >= 0.6 is 0 Å². The van der Waals surface area contributed by atoms with E-state index in [-0.39, 0.29) is 10.8 Å². The molecule has 1 heterocycles. The fourth-order valence-electron chi connectivity index (χ4n) is 2.57. The number of nitrogens with one attached hydrogen (secondary N) is 1. The van der Waals surface area contributed by atoms with Crippen LogP contribution in [0.15, 0.2) is 71.6 Å². The van der Waals surface area contributed by atoms with Crippen molar-refractivity contribution in [3.05, 3.63) is 66.7 Å². The number of aromatic nitrogens is 2. The van der Waals surface area contributed by atoms with Crippen molar-refractivity contribution < 1.29 is 13.2 Å². The Labute approximate surface area is 158 Å². The van der Waals surface area contributed by atoms with Gasteiger partial charge in [-0.05, 0) is 30.9 Å². The number of ether oxygens (including phenoxy) is 1. The van der Waals surface area contributed by atoms with Gasteiger partial charge in [0.15, 0.2) is 0 Å². The van der Waals surface area contributed by atoms with Crippen molar-refractivity contribution in [1.29, 1.82) is 0 Å². The van der Waals surface area contributed by atoms with Crippen LogP contribution in [0.4, 0.5) is 5.95 Å². The molecule has 1 aliphatic carbocycles. The predicted molar refractivity (Wildman–Crippen MR) is 103 cm³/mol. The quantitative estimate of drug-likeness (QED) is 0.674. The molecule has 0 aliphatic heterocycles. The van der Waals surface area contributed by atoms with E-state index < -0.39 is 10.0 Å². The fraction of sp³-hybridized carbons (Fsp3) is 0.200. The maximum absolute atomic E-state index is 12.6. The molecule has 2 aromatic carbocycles. The molecule has 0 spiro atoms. The van der Waals surface area contributed by atoms with Gasteiger partial charge in [-0.25, -0.2) is 18.1 Å². The van der Waals surface area contributed by atoms with Crippen LogP contribution in [0.3, 0.4) is 0 Å². The number of anilines is 1. The van der Waals surface area contributed by atoms with Gasteiger partial charge in [0, 0.05) is 11.6 Å². The second-order valence-corrected chi connectivity index (χ2v) is 8.14. The van der Waals surface area contributed by atoms with Crippen LogP contribution in [0.1, 0.15) is 12.8 Å². The van der Waals surface area contributed by atoms with Gasteiger partial charge in [0.05, 0.1) is 17.2 Å². The lowest BCUT2D eigenvalue weighted by Gasteiger charge is -2.11. The van der Waals surface area contributed by atoms with E-state index in [1.54, 1.807) is 24.3 Å². The molecule has 4 rings (SSSR count). The Morgan fingerprint density at radius 1 is 0.963 bits per heavy atom. The summed E-state index contributed by atoms with van der Waals surface area (Å²) in [6.07, 6.45) is 2.31. The zero-order valence-corrected chi connectivity index (χ0v) is 15.4. The summed E-state index contributed by atoms with van der Waals surface area (Å²) in [4.78, 5) is 8.77. The highest BCUT2D eigenvalue weighted by Crippen LogP contribution is 2.30. The minimum atomic E-state index is -3.78. The average Bonchev–Trinajstić information content (AvgIpc) is 3.52. The van der Waals surface area contributed by atoms with Crippen LogP contribution in [0.25, 0.3) is 11.3 Å². The first kappa shape index (κ1) is 17.5. The Balaban J connectivity index is 1.67. The lowest BCUT2D eigenvalue weighted by atomic mass is 10.1. The topological polar surface area (TPSA) is 81.2 Å². The standard InChI is InChI=1S/C20H19N3O3S/c24-27(25,17-9-5-2-6-10-17)23-20-21-18(16-7-3-1-4-8-16)13-19(22-20)26-14-15-11-12-15/h1-10,13,15H,11-12,14H2,(H,21,22,23). The van der Waals surface area contributed by atoms with E-state index in [1.165, 1.54) is 12.1 Å². The summed E-state index contributed by atoms with van der Waals surface area (Å²) < 4.78 is 33.4. The zero-order chi connectivity index (χ0) is 18.7. The van der Waals surface area contributed by atoms with Crippen molar-refractivity contribution in [3.8, 4) is 17.1 Å². The highest BCUT2D eigenvalue weighted by molar-refractivity contribution is 7.92. The van der Waals surface area contributed by atoms with E-state index in [4.69, 9.17) is 4.74 Å². The highest BCUT2D eigenvalue weighted by atomic mass is 32.2. The van der Waals surface area contributed by atoms with Gasteiger partial charge in [-0.3, -0.25) is 0 Å². The van der Waals surface area contributed by atoms with Crippen molar-refractivity contribution in [3.63, 3.8) is 0 Å². The zero-order valence-electron chi connectivity index (χ0n) is 14.6. The molecular weight excluding hydrogens is 362 g/mol. The number of sulfonamides is 1. The summed E-state index contributed by atoms with van der Waals surface area (Å²) in [5.74, 6) is 0.914. The Kier molecular flexibility index (Phi) is 4.77. The summed E-state index contributed by atoms with van der Waals surface area (Å²) in [6.45, 7) is 0.579. The first-order chi connectivity index (χ1) is 13.1. The van der Waals surface area contributed by atoms with Gasteiger partial charge in [0.25, 0.3) is 10.0 Å². The summed E-state index contributed by atoms with van der Waals surface area (Å²) in [6, 6.07) is 19.4. The number of hydrogen-bond acceptors (Lipinski definition) is 5. The van der Waals surface area contributed by atoms with Crippen LogP contribution in [-0.4, -0.2) is 25.0 Å². The second kappa shape index (κ2) is 7.36. The summed E-state index contributed by atoms with van der Waals surface area (Å²) in [5, 5.41) is 0. The molecule has 1 N–H and O–H groups in total. The van der Waals surface area contributed by atoms with Crippen molar-refractivity contribution in [2.75, 3.05) is 11.3 Å². The molecule has 1 aliphatic rings.